The molecule has 0 aliphatic rings. The Morgan fingerprint density at radius 3 is 2.06 bits per heavy atom. The number of halogens is 5. The second-order valence-corrected chi connectivity index (χ2v) is 10.9. The quantitative estimate of drug-likeness (QED) is 0.178. The van der Waals surface area contributed by atoms with Gasteiger partial charge in [-0.2, -0.15) is 22.0 Å². The Bertz CT molecular complexity index is 941. The van der Waals surface area contributed by atoms with Crippen molar-refractivity contribution in [2.75, 3.05) is 6.61 Å². The van der Waals surface area contributed by atoms with Crippen molar-refractivity contribution < 1.29 is 36.0 Å². The van der Waals surface area contributed by atoms with Gasteiger partial charge < -0.3 is 9.29 Å². The zero-order valence-corrected chi connectivity index (χ0v) is 20.2. The first-order chi connectivity index (χ1) is 15.6. The molecule has 0 aliphatic carbocycles. The summed E-state index contributed by atoms with van der Waals surface area (Å²) in [6.45, 7) is 6.37. The SMILES string of the molecule is Cc1ccc(C(=O)C(F)(F)C(N[S+]([O-])C(C)(C)C)c2ccc(OCCCC(F)(F)F)cc2)cc1. The number of carbonyl (C=O) groups is 1. The van der Waals surface area contributed by atoms with E-state index in [2.05, 4.69) is 4.72 Å². The van der Waals surface area contributed by atoms with Crippen molar-refractivity contribution in [3.63, 3.8) is 0 Å². The van der Waals surface area contributed by atoms with Gasteiger partial charge in [-0.3, -0.25) is 4.79 Å². The summed E-state index contributed by atoms with van der Waals surface area (Å²) in [7, 11) is 0. The molecule has 2 rings (SSSR count). The maximum absolute atomic E-state index is 15.5. The second-order valence-electron chi connectivity index (χ2n) is 8.89. The first-order valence-corrected chi connectivity index (χ1v) is 11.7. The predicted octanol–water partition coefficient (Wildman–Crippen LogP) is 6.33. The lowest BCUT2D eigenvalue weighted by atomic mass is 9.94. The average Bonchev–Trinajstić information content (AvgIpc) is 2.74. The molecule has 0 fully saturated rings. The van der Waals surface area contributed by atoms with Crippen molar-refractivity contribution in [1.82, 2.24) is 4.72 Å². The first kappa shape index (κ1) is 28.1. The molecule has 0 saturated heterocycles. The Kier molecular flexibility index (Phi) is 9.12. The van der Waals surface area contributed by atoms with Crippen LogP contribution in [0, 0.1) is 6.92 Å². The zero-order chi connectivity index (χ0) is 25.7. The number of hydrogen-bond donors (Lipinski definition) is 1. The number of benzene rings is 2. The predicted molar refractivity (Wildman–Crippen MR) is 121 cm³/mol. The molecule has 0 spiro atoms. The number of rotatable bonds is 10. The highest BCUT2D eigenvalue weighted by Gasteiger charge is 2.51. The summed E-state index contributed by atoms with van der Waals surface area (Å²) in [5, 5.41) is 0. The zero-order valence-electron chi connectivity index (χ0n) is 19.3. The molecule has 34 heavy (non-hydrogen) atoms. The van der Waals surface area contributed by atoms with Crippen LogP contribution in [0.3, 0.4) is 0 Å². The highest BCUT2D eigenvalue weighted by atomic mass is 32.2. The molecule has 2 unspecified atom stereocenters. The van der Waals surface area contributed by atoms with Gasteiger partial charge >= 0.3 is 12.1 Å². The van der Waals surface area contributed by atoms with Gasteiger partial charge in [0.05, 0.1) is 6.61 Å². The van der Waals surface area contributed by atoms with Gasteiger partial charge in [0.2, 0.25) is 5.78 Å². The van der Waals surface area contributed by atoms with Crippen LogP contribution in [0.25, 0.3) is 0 Å². The summed E-state index contributed by atoms with van der Waals surface area (Å²) in [4.78, 5) is 12.7. The molecule has 0 radical (unpaired) electrons. The molecule has 0 saturated carbocycles. The Labute approximate surface area is 199 Å². The van der Waals surface area contributed by atoms with Crippen molar-refractivity contribution >= 4 is 17.1 Å². The van der Waals surface area contributed by atoms with E-state index in [0.717, 1.165) is 5.56 Å². The Balaban J connectivity index is 2.27. The minimum absolute atomic E-state index is 0.0225. The molecule has 188 valence electrons. The maximum Gasteiger partial charge on any atom is 0.389 e. The molecule has 2 atom stereocenters. The van der Waals surface area contributed by atoms with Crippen LogP contribution >= 0.6 is 0 Å². The molecule has 0 heterocycles. The van der Waals surface area contributed by atoms with E-state index in [1.165, 1.54) is 36.4 Å². The van der Waals surface area contributed by atoms with E-state index >= 15 is 8.78 Å². The molecule has 0 aromatic heterocycles. The summed E-state index contributed by atoms with van der Waals surface area (Å²) in [5.74, 6) is -5.19. The van der Waals surface area contributed by atoms with E-state index in [0.29, 0.717) is 0 Å². The Morgan fingerprint density at radius 2 is 1.56 bits per heavy atom. The third kappa shape index (κ3) is 7.95. The van der Waals surface area contributed by atoms with Gasteiger partial charge in [0, 0.05) is 23.3 Å². The van der Waals surface area contributed by atoms with Gasteiger partial charge in [-0.15, -0.1) is 4.72 Å². The van der Waals surface area contributed by atoms with Gasteiger partial charge in [0.25, 0.3) is 0 Å². The van der Waals surface area contributed by atoms with Crippen LogP contribution in [0.2, 0.25) is 0 Å². The van der Waals surface area contributed by atoms with Gasteiger partial charge in [0.15, 0.2) is 0 Å². The number of Topliss-reactive ketones (excluding diaryl/α,β-unsaturated/α-hetero) is 1. The van der Waals surface area contributed by atoms with Crippen LogP contribution in [0.4, 0.5) is 22.0 Å². The van der Waals surface area contributed by atoms with Gasteiger partial charge in [0.1, 0.15) is 16.5 Å². The summed E-state index contributed by atoms with van der Waals surface area (Å²) in [6, 6.07) is 8.98. The summed E-state index contributed by atoms with van der Waals surface area (Å²) in [6.07, 6.45) is -5.53. The van der Waals surface area contributed by atoms with Crippen molar-refractivity contribution in [2.24, 2.45) is 0 Å². The average molecular weight is 506 g/mol. The fourth-order valence-electron chi connectivity index (χ4n) is 2.88. The van der Waals surface area contributed by atoms with Crippen LogP contribution in [0.15, 0.2) is 48.5 Å². The lowest BCUT2D eigenvalue weighted by Gasteiger charge is -2.31. The van der Waals surface area contributed by atoms with Gasteiger partial charge in [-0.05, 0) is 51.8 Å². The Morgan fingerprint density at radius 1 is 1.00 bits per heavy atom. The van der Waals surface area contributed by atoms with Crippen molar-refractivity contribution in [3.05, 3.63) is 65.2 Å². The molecule has 1 N–H and O–H groups in total. The highest BCUT2D eigenvalue weighted by molar-refractivity contribution is 7.90. The van der Waals surface area contributed by atoms with Crippen LogP contribution in [-0.4, -0.2) is 33.8 Å². The monoisotopic (exact) mass is 505 g/mol. The van der Waals surface area contributed by atoms with Crippen LogP contribution in [-0.2, 0) is 11.4 Å². The summed E-state index contributed by atoms with van der Waals surface area (Å²) >= 11 is -1.93. The van der Waals surface area contributed by atoms with Crippen LogP contribution < -0.4 is 9.46 Å². The second kappa shape index (κ2) is 11.0. The third-order valence-corrected chi connectivity index (χ3v) is 6.41. The van der Waals surface area contributed by atoms with Crippen molar-refractivity contribution in [1.29, 1.82) is 0 Å². The Hall–Kier alpha value is -2.17. The van der Waals surface area contributed by atoms with E-state index in [1.54, 1.807) is 39.8 Å². The first-order valence-electron chi connectivity index (χ1n) is 10.6. The largest absolute Gasteiger partial charge is 0.598 e. The minimum Gasteiger partial charge on any atom is -0.598 e. The summed E-state index contributed by atoms with van der Waals surface area (Å²) < 4.78 is 87.1. The van der Waals surface area contributed by atoms with E-state index < -0.39 is 46.5 Å². The fourth-order valence-corrected chi connectivity index (χ4v) is 3.73. The molecular weight excluding hydrogens is 477 g/mol. The van der Waals surface area contributed by atoms with E-state index in [4.69, 9.17) is 4.74 Å². The van der Waals surface area contributed by atoms with Crippen LogP contribution in [0.1, 0.15) is 61.1 Å². The van der Waals surface area contributed by atoms with E-state index in [9.17, 15) is 22.5 Å². The lowest BCUT2D eigenvalue weighted by molar-refractivity contribution is -0.136. The van der Waals surface area contributed by atoms with Gasteiger partial charge in [-0.25, -0.2) is 0 Å². The van der Waals surface area contributed by atoms with E-state index in [1.807, 2.05) is 0 Å². The standard InChI is InChI=1S/C24H28F5NO3S/c1-16-6-8-18(9-7-16)21(31)24(28,29)20(30-34(32)22(2,3)4)17-10-12-19(13-11-17)33-15-5-14-23(25,26)27/h6-13,20,30H,5,14-15H2,1-4H3. The minimum atomic E-state index is -4.29. The molecule has 0 aliphatic heterocycles. The van der Waals surface area contributed by atoms with Crippen molar-refractivity contribution in [3.8, 4) is 5.75 Å². The fraction of sp³-hybridized carbons (Fsp3) is 0.458. The van der Waals surface area contributed by atoms with Crippen molar-refractivity contribution in [2.45, 2.75) is 63.4 Å². The maximum atomic E-state index is 15.5. The molecular formula is C24H28F5NO3S. The van der Waals surface area contributed by atoms with Crippen LogP contribution in [0.5, 0.6) is 5.75 Å². The molecule has 2 aromatic carbocycles. The van der Waals surface area contributed by atoms with E-state index in [-0.39, 0.29) is 29.9 Å². The molecule has 4 nitrogen and oxygen atoms in total. The molecule has 2 aromatic rings. The third-order valence-electron chi connectivity index (χ3n) is 4.85. The number of ketones is 1. The van der Waals surface area contributed by atoms with Gasteiger partial charge in [-0.1, -0.05) is 42.0 Å². The number of hydrogen-bond acceptors (Lipinski definition) is 4. The smallest absolute Gasteiger partial charge is 0.389 e. The number of carbonyl (C=O) groups excluding carboxylic acids is 1. The molecule has 0 bridgehead atoms. The summed E-state index contributed by atoms with van der Waals surface area (Å²) in [5.41, 5.74) is 0.591. The molecule has 10 heteroatoms. The number of alkyl halides is 5. The molecule has 0 amide bonds. The number of nitrogens with one attached hydrogen (secondary N) is 1. The lowest BCUT2D eigenvalue weighted by Crippen LogP contribution is -2.49. The number of aryl methyl sites for hydroxylation is 1. The number of ether oxygens (including phenoxy) is 1. The normalized spacial score (nSPS) is 14.5. The highest BCUT2D eigenvalue weighted by Crippen LogP contribution is 2.37. The topological polar surface area (TPSA) is 61.4 Å².